The van der Waals surface area contributed by atoms with Crippen molar-refractivity contribution >= 4 is 33.1 Å². The Hall–Kier alpha value is -2.04. The molecule has 0 spiro atoms. The van der Waals surface area contributed by atoms with E-state index in [1.165, 1.54) is 15.6 Å². The fraction of sp³-hybridized carbons (Fsp3) is 0.526. The molecule has 0 saturated carbocycles. The van der Waals surface area contributed by atoms with E-state index in [2.05, 4.69) is 4.98 Å². The van der Waals surface area contributed by atoms with E-state index in [0.717, 1.165) is 16.5 Å². The number of hydrogen-bond donors (Lipinski definition) is 0. The van der Waals surface area contributed by atoms with E-state index in [-0.39, 0.29) is 11.5 Å². The van der Waals surface area contributed by atoms with Gasteiger partial charge in [-0.1, -0.05) is 6.92 Å². The number of carbonyl (C=O) groups is 2. The highest BCUT2D eigenvalue weighted by atomic mass is 32.2. The summed E-state index contributed by atoms with van der Waals surface area (Å²) in [6.45, 7) is 5.37. The molecule has 10 heteroatoms. The van der Waals surface area contributed by atoms with E-state index < -0.39 is 28.6 Å². The molecule has 158 valence electrons. The van der Waals surface area contributed by atoms with E-state index in [9.17, 15) is 18.0 Å². The highest BCUT2D eigenvalue weighted by Gasteiger charge is 2.39. The monoisotopic (exact) mass is 439 g/mol. The van der Waals surface area contributed by atoms with Gasteiger partial charge in [0.2, 0.25) is 15.8 Å². The van der Waals surface area contributed by atoms with Gasteiger partial charge in [-0.2, -0.15) is 4.31 Å². The van der Waals surface area contributed by atoms with Gasteiger partial charge in [-0.3, -0.25) is 14.2 Å². The average molecular weight is 440 g/mol. The third-order valence-electron chi connectivity index (χ3n) is 4.98. The zero-order valence-corrected chi connectivity index (χ0v) is 18.4. The number of nitrogens with zero attached hydrogens (tertiary/aromatic N) is 3. The summed E-state index contributed by atoms with van der Waals surface area (Å²) >= 11 is 1.46. The van der Waals surface area contributed by atoms with Crippen LogP contribution in [-0.2, 0) is 19.6 Å². The zero-order chi connectivity index (χ0) is 21.2. The summed E-state index contributed by atoms with van der Waals surface area (Å²) in [5.41, 5.74) is 2.05. The van der Waals surface area contributed by atoms with Crippen molar-refractivity contribution in [3.8, 4) is 5.13 Å². The molecule has 8 nitrogen and oxygen atoms in total. The second kappa shape index (κ2) is 8.76. The quantitative estimate of drug-likeness (QED) is 0.463. The van der Waals surface area contributed by atoms with Crippen LogP contribution >= 0.6 is 11.3 Å². The van der Waals surface area contributed by atoms with Gasteiger partial charge in [0.05, 0.1) is 5.75 Å². The van der Waals surface area contributed by atoms with Crippen LogP contribution in [0.25, 0.3) is 5.13 Å². The number of thiazole rings is 1. The molecule has 2 aromatic heterocycles. The van der Waals surface area contributed by atoms with Crippen LogP contribution in [0.2, 0.25) is 0 Å². The molecule has 0 N–H and O–H groups in total. The summed E-state index contributed by atoms with van der Waals surface area (Å²) in [6.07, 6.45) is 3.19. The number of carbonyl (C=O) groups excluding carboxylic acids is 2. The first-order valence-corrected chi connectivity index (χ1v) is 12.0. The van der Waals surface area contributed by atoms with Gasteiger partial charge in [0.1, 0.15) is 6.04 Å². The Kier molecular flexibility index (Phi) is 6.55. The van der Waals surface area contributed by atoms with Gasteiger partial charge in [0.25, 0.3) is 0 Å². The number of aryl methyl sites for hydroxylation is 1. The molecule has 0 aromatic carbocycles. The van der Waals surface area contributed by atoms with Crippen LogP contribution in [0.3, 0.4) is 0 Å². The van der Waals surface area contributed by atoms with E-state index in [0.29, 0.717) is 31.4 Å². The second-order valence-electron chi connectivity index (χ2n) is 7.05. The Bertz CT molecular complexity index is 995. The first-order chi connectivity index (χ1) is 13.8. The lowest BCUT2D eigenvalue weighted by molar-refractivity contribution is -0.146. The van der Waals surface area contributed by atoms with Crippen LogP contribution in [0.15, 0.2) is 17.6 Å². The molecule has 1 unspecified atom stereocenters. The standard InChI is InChI=1S/C19H25N3O5S2/c1-4-10-29(25,26)21-8-5-6-16(21)18(24)27-12-17(23)15-11-13(2)22(14(15)3)19-20-7-9-28-19/h7,9,11,16H,4-6,8,10,12H2,1-3H3. The third-order valence-corrected chi connectivity index (χ3v) is 7.82. The maximum atomic E-state index is 12.7. The molecule has 3 heterocycles. The van der Waals surface area contributed by atoms with Crippen LogP contribution in [0.4, 0.5) is 0 Å². The maximum Gasteiger partial charge on any atom is 0.324 e. The highest BCUT2D eigenvalue weighted by molar-refractivity contribution is 7.89. The van der Waals surface area contributed by atoms with Crippen molar-refractivity contribution in [1.29, 1.82) is 0 Å². The molecule has 29 heavy (non-hydrogen) atoms. The molecule has 1 atom stereocenters. The SMILES string of the molecule is CCCS(=O)(=O)N1CCCC1C(=O)OCC(=O)c1cc(C)n(-c2nccs2)c1C. The Morgan fingerprint density at radius 1 is 1.34 bits per heavy atom. The van der Waals surface area contributed by atoms with Gasteiger partial charge in [-0.25, -0.2) is 13.4 Å². The summed E-state index contributed by atoms with van der Waals surface area (Å²) < 4.78 is 33.0. The molecule has 2 aromatic rings. The van der Waals surface area contributed by atoms with Crippen molar-refractivity contribution in [2.24, 2.45) is 0 Å². The molecule has 1 aliphatic heterocycles. The third kappa shape index (κ3) is 4.44. The number of esters is 1. The van der Waals surface area contributed by atoms with Gasteiger partial charge < -0.3 is 4.74 Å². The Morgan fingerprint density at radius 2 is 2.10 bits per heavy atom. The second-order valence-corrected chi connectivity index (χ2v) is 9.96. The lowest BCUT2D eigenvalue weighted by Gasteiger charge is -2.22. The number of hydrogen-bond acceptors (Lipinski definition) is 7. The molecule has 1 saturated heterocycles. The number of aromatic nitrogens is 2. The first-order valence-electron chi connectivity index (χ1n) is 9.54. The number of rotatable bonds is 8. The van der Waals surface area contributed by atoms with Crippen LogP contribution in [0.1, 0.15) is 47.9 Å². The molecular weight excluding hydrogens is 414 g/mol. The number of ketones is 1. The Morgan fingerprint density at radius 3 is 2.76 bits per heavy atom. The molecule has 0 bridgehead atoms. The average Bonchev–Trinajstić information content (AvgIpc) is 3.39. The van der Waals surface area contributed by atoms with Crippen LogP contribution in [0, 0.1) is 13.8 Å². The molecule has 0 radical (unpaired) electrons. The van der Waals surface area contributed by atoms with Gasteiger partial charge in [0, 0.05) is 35.1 Å². The molecule has 1 aliphatic rings. The number of sulfonamides is 1. The van der Waals surface area contributed by atoms with Crippen molar-refractivity contribution in [3.05, 3.63) is 34.6 Å². The van der Waals surface area contributed by atoms with E-state index >= 15 is 0 Å². The topological polar surface area (TPSA) is 98.6 Å². The smallest absolute Gasteiger partial charge is 0.324 e. The molecular formula is C19H25N3O5S2. The summed E-state index contributed by atoms with van der Waals surface area (Å²) in [6, 6.07) is 0.905. The number of Topliss-reactive ketones (excluding diaryl/α,β-unsaturated/α-hetero) is 1. The van der Waals surface area contributed by atoms with Crippen LogP contribution in [0.5, 0.6) is 0 Å². The van der Waals surface area contributed by atoms with Gasteiger partial charge in [0.15, 0.2) is 11.7 Å². The van der Waals surface area contributed by atoms with E-state index in [4.69, 9.17) is 4.74 Å². The lowest BCUT2D eigenvalue weighted by Crippen LogP contribution is -2.42. The highest BCUT2D eigenvalue weighted by Crippen LogP contribution is 2.24. The van der Waals surface area contributed by atoms with Gasteiger partial charge >= 0.3 is 5.97 Å². The Labute approximate surface area is 174 Å². The lowest BCUT2D eigenvalue weighted by atomic mass is 10.1. The van der Waals surface area contributed by atoms with E-state index in [1.54, 1.807) is 19.2 Å². The molecule has 1 fully saturated rings. The Balaban J connectivity index is 1.68. The summed E-state index contributed by atoms with van der Waals surface area (Å²) in [5, 5.41) is 2.62. The van der Waals surface area contributed by atoms with Crippen LogP contribution < -0.4 is 0 Å². The van der Waals surface area contributed by atoms with E-state index in [1.807, 2.05) is 23.8 Å². The summed E-state index contributed by atoms with van der Waals surface area (Å²) in [5.74, 6) is -0.988. The van der Waals surface area contributed by atoms with Crippen molar-refractivity contribution < 1.29 is 22.7 Å². The minimum absolute atomic E-state index is 0.00153. The van der Waals surface area contributed by atoms with Crippen LogP contribution in [-0.4, -0.2) is 59.0 Å². The maximum absolute atomic E-state index is 12.7. The van der Waals surface area contributed by atoms with Gasteiger partial charge in [-0.05, 0) is 39.2 Å². The largest absolute Gasteiger partial charge is 0.456 e. The summed E-state index contributed by atoms with van der Waals surface area (Å²) in [7, 11) is -3.49. The number of ether oxygens (including phenoxy) is 1. The fourth-order valence-corrected chi connectivity index (χ4v) is 6.15. The van der Waals surface area contributed by atoms with Gasteiger partial charge in [-0.15, -0.1) is 11.3 Å². The summed E-state index contributed by atoms with van der Waals surface area (Å²) in [4.78, 5) is 29.4. The van der Waals surface area contributed by atoms with Crippen molar-refractivity contribution in [3.63, 3.8) is 0 Å². The first kappa shape index (κ1) is 21.7. The minimum atomic E-state index is -3.49. The fourth-order valence-electron chi connectivity index (χ4n) is 3.66. The molecule has 0 aliphatic carbocycles. The predicted molar refractivity (Wildman–Crippen MR) is 110 cm³/mol. The van der Waals surface area contributed by atoms with Crippen molar-refractivity contribution in [2.75, 3.05) is 18.9 Å². The van der Waals surface area contributed by atoms with Crippen molar-refractivity contribution in [1.82, 2.24) is 13.9 Å². The predicted octanol–water partition coefficient (Wildman–Crippen LogP) is 2.48. The normalized spacial score (nSPS) is 17.6. The zero-order valence-electron chi connectivity index (χ0n) is 16.8. The minimum Gasteiger partial charge on any atom is -0.456 e. The van der Waals surface area contributed by atoms with Crippen molar-refractivity contribution in [2.45, 2.75) is 46.1 Å². The molecule has 0 amide bonds. The molecule has 3 rings (SSSR count).